The standard InChI is InChI=1S/C12H21FN2O2/c1-8(2)7-9-10(16)15(6-5-13)12(3,4)11(17)14-9/h8-9H,5-7H2,1-4H3,(H,14,17). The molecule has 0 aliphatic carbocycles. The van der Waals surface area contributed by atoms with Crippen LogP contribution >= 0.6 is 0 Å². The summed E-state index contributed by atoms with van der Waals surface area (Å²) in [6.07, 6.45) is 0.587. The Kier molecular flexibility index (Phi) is 4.11. The number of hydrogen-bond donors (Lipinski definition) is 1. The first-order valence-corrected chi connectivity index (χ1v) is 5.99. The molecule has 1 rings (SSSR count). The van der Waals surface area contributed by atoms with E-state index in [9.17, 15) is 14.0 Å². The Morgan fingerprint density at radius 2 is 2.00 bits per heavy atom. The number of hydrogen-bond acceptors (Lipinski definition) is 2. The number of nitrogens with one attached hydrogen (secondary N) is 1. The molecule has 4 nitrogen and oxygen atoms in total. The van der Waals surface area contributed by atoms with Gasteiger partial charge in [0.1, 0.15) is 18.3 Å². The van der Waals surface area contributed by atoms with Crippen LogP contribution in [0.4, 0.5) is 4.39 Å². The van der Waals surface area contributed by atoms with Crippen LogP contribution in [-0.4, -0.2) is 41.5 Å². The molecule has 0 radical (unpaired) electrons. The van der Waals surface area contributed by atoms with Crippen LogP contribution in [0.2, 0.25) is 0 Å². The zero-order valence-electron chi connectivity index (χ0n) is 10.9. The molecule has 1 N–H and O–H groups in total. The van der Waals surface area contributed by atoms with Crippen molar-refractivity contribution in [3.05, 3.63) is 0 Å². The smallest absolute Gasteiger partial charge is 0.246 e. The van der Waals surface area contributed by atoms with Gasteiger partial charge in [-0.25, -0.2) is 4.39 Å². The van der Waals surface area contributed by atoms with Crippen LogP contribution in [0.3, 0.4) is 0 Å². The van der Waals surface area contributed by atoms with Crippen molar-refractivity contribution in [2.75, 3.05) is 13.2 Å². The first-order valence-electron chi connectivity index (χ1n) is 5.99. The molecule has 1 aliphatic rings. The van der Waals surface area contributed by atoms with Crippen LogP contribution in [0.1, 0.15) is 34.1 Å². The topological polar surface area (TPSA) is 49.4 Å². The molecule has 1 heterocycles. The third kappa shape index (κ3) is 2.76. The van der Waals surface area contributed by atoms with Crippen molar-refractivity contribution < 1.29 is 14.0 Å². The van der Waals surface area contributed by atoms with E-state index in [1.54, 1.807) is 13.8 Å². The highest BCUT2D eigenvalue weighted by Crippen LogP contribution is 2.23. The number of amides is 2. The van der Waals surface area contributed by atoms with E-state index in [1.807, 2.05) is 13.8 Å². The van der Waals surface area contributed by atoms with Crippen LogP contribution < -0.4 is 5.32 Å². The molecule has 0 spiro atoms. The van der Waals surface area contributed by atoms with Gasteiger partial charge in [0.05, 0.1) is 6.54 Å². The van der Waals surface area contributed by atoms with E-state index in [4.69, 9.17) is 0 Å². The van der Waals surface area contributed by atoms with Crippen molar-refractivity contribution in [1.82, 2.24) is 10.2 Å². The van der Waals surface area contributed by atoms with Crippen molar-refractivity contribution in [3.63, 3.8) is 0 Å². The summed E-state index contributed by atoms with van der Waals surface area (Å²) in [5.74, 6) is -0.0881. The molecule has 0 aromatic carbocycles. The van der Waals surface area contributed by atoms with Crippen molar-refractivity contribution in [3.8, 4) is 0 Å². The Balaban J connectivity index is 2.90. The average Bonchev–Trinajstić information content (AvgIpc) is 2.21. The molecule has 1 aliphatic heterocycles. The van der Waals surface area contributed by atoms with E-state index < -0.39 is 18.3 Å². The molecule has 0 aromatic rings. The molecule has 5 heteroatoms. The first-order chi connectivity index (χ1) is 7.80. The molecular formula is C12H21FN2O2. The van der Waals surface area contributed by atoms with E-state index in [0.717, 1.165) is 0 Å². The fraction of sp³-hybridized carbons (Fsp3) is 0.833. The summed E-state index contributed by atoms with van der Waals surface area (Å²) in [7, 11) is 0. The van der Waals surface area contributed by atoms with Gasteiger partial charge >= 0.3 is 0 Å². The minimum Gasteiger partial charge on any atom is -0.342 e. The lowest BCUT2D eigenvalue weighted by Gasteiger charge is -2.44. The highest BCUT2D eigenvalue weighted by atomic mass is 19.1. The summed E-state index contributed by atoms with van der Waals surface area (Å²) in [5, 5.41) is 2.72. The van der Waals surface area contributed by atoms with Crippen LogP contribution in [0, 0.1) is 5.92 Å². The van der Waals surface area contributed by atoms with Gasteiger partial charge in [-0.15, -0.1) is 0 Å². The summed E-state index contributed by atoms with van der Waals surface area (Å²) in [6.45, 7) is 6.60. The van der Waals surface area contributed by atoms with E-state index in [1.165, 1.54) is 4.90 Å². The number of rotatable bonds is 4. The predicted octanol–water partition coefficient (Wildman–Crippen LogP) is 1.11. The Hall–Kier alpha value is -1.13. The number of nitrogens with zero attached hydrogens (tertiary/aromatic N) is 1. The van der Waals surface area contributed by atoms with Crippen molar-refractivity contribution in [2.45, 2.75) is 45.7 Å². The van der Waals surface area contributed by atoms with Gasteiger partial charge in [0.15, 0.2) is 0 Å². The van der Waals surface area contributed by atoms with Crippen LogP contribution in [0.15, 0.2) is 0 Å². The summed E-state index contributed by atoms with van der Waals surface area (Å²) in [4.78, 5) is 25.4. The molecule has 17 heavy (non-hydrogen) atoms. The van der Waals surface area contributed by atoms with Gasteiger partial charge in [-0.2, -0.15) is 0 Å². The summed E-state index contributed by atoms with van der Waals surface area (Å²) in [5.41, 5.74) is -0.962. The van der Waals surface area contributed by atoms with Crippen LogP contribution in [0.25, 0.3) is 0 Å². The Bertz CT molecular complexity index is 316. The van der Waals surface area contributed by atoms with Gasteiger partial charge in [-0.1, -0.05) is 13.8 Å². The second-order valence-electron chi connectivity index (χ2n) is 5.39. The maximum atomic E-state index is 12.5. The van der Waals surface area contributed by atoms with E-state index in [2.05, 4.69) is 5.32 Å². The molecule has 98 valence electrons. The fourth-order valence-electron chi connectivity index (χ4n) is 2.09. The number of carbonyl (C=O) groups excluding carboxylic acids is 2. The molecule has 1 atom stereocenters. The number of carbonyl (C=O) groups is 2. The predicted molar refractivity (Wildman–Crippen MR) is 63.2 cm³/mol. The first kappa shape index (κ1) is 13.9. The Morgan fingerprint density at radius 3 is 2.47 bits per heavy atom. The van der Waals surface area contributed by atoms with Gasteiger partial charge in [0.25, 0.3) is 0 Å². The Morgan fingerprint density at radius 1 is 1.41 bits per heavy atom. The largest absolute Gasteiger partial charge is 0.342 e. The molecule has 1 saturated heterocycles. The second-order valence-corrected chi connectivity index (χ2v) is 5.39. The molecule has 1 fully saturated rings. The maximum Gasteiger partial charge on any atom is 0.246 e. The maximum absolute atomic E-state index is 12.5. The highest BCUT2D eigenvalue weighted by molar-refractivity contribution is 5.99. The number of alkyl halides is 1. The lowest BCUT2D eigenvalue weighted by Crippen LogP contribution is -2.68. The second kappa shape index (κ2) is 5.02. The van der Waals surface area contributed by atoms with Crippen molar-refractivity contribution >= 4 is 11.8 Å². The van der Waals surface area contributed by atoms with E-state index >= 15 is 0 Å². The zero-order valence-corrected chi connectivity index (χ0v) is 10.9. The van der Waals surface area contributed by atoms with Crippen LogP contribution in [-0.2, 0) is 9.59 Å². The van der Waals surface area contributed by atoms with Gasteiger partial charge in [-0.05, 0) is 26.2 Å². The van der Waals surface area contributed by atoms with Crippen molar-refractivity contribution in [2.24, 2.45) is 5.92 Å². The molecule has 0 saturated carbocycles. The average molecular weight is 244 g/mol. The number of halogens is 1. The lowest BCUT2D eigenvalue weighted by molar-refractivity contribution is -0.155. The number of piperazine rings is 1. The highest BCUT2D eigenvalue weighted by Gasteiger charge is 2.45. The molecule has 0 bridgehead atoms. The minimum absolute atomic E-state index is 0.0200. The van der Waals surface area contributed by atoms with Crippen LogP contribution in [0.5, 0.6) is 0 Å². The third-order valence-corrected chi connectivity index (χ3v) is 3.12. The quantitative estimate of drug-likeness (QED) is 0.805. The Labute approximate surface area is 102 Å². The summed E-state index contributed by atoms with van der Waals surface area (Å²) < 4.78 is 12.5. The molecule has 1 unspecified atom stereocenters. The SMILES string of the molecule is CC(C)CC1NC(=O)C(C)(C)N(CCF)C1=O. The zero-order chi connectivity index (χ0) is 13.2. The van der Waals surface area contributed by atoms with Gasteiger partial charge in [-0.3, -0.25) is 9.59 Å². The van der Waals surface area contributed by atoms with Gasteiger partial charge < -0.3 is 10.2 Å². The van der Waals surface area contributed by atoms with Gasteiger partial charge in [0.2, 0.25) is 11.8 Å². The summed E-state index contributed by atoms with van der Waals surface area (Å²) in [6, 6.07) is -0.512. The molecular weight excluding hydrogens is 223 g/mol. The van der Waals surface area contributed by atoms with E-state index in [-0.39, 0.29) is 18.4 Å². The molecule has 0 aromatic heterocycles. The normalized spacial score (nSPS) is 24.1. The lowest BCUT2D eigenvalue weighted by atomic mass is 9.92. The third-order valence-electron chi connectivity index (χ3n) is 3.12. The fourth-order valence-corrected chi connectivity index (χ4v) is 2.09. The van der Waals surface area contributed by atoms with E-state index in [0.29, 0.717) is 12.3 Å². The summed E-state index contributed by atoms with van der Waals surface area (Å²) >= 11 is 0. The molecule has 2 amide bonds. The monoisotopic (exact) mass is 244 g/mol. The van der Waals surface area contributed by atoms with Gasteiger partial charge in [0, 0.05) is 0 Å². The minimum atomic E-state index is -0.962. The van der Waals surface area contributed by atoms with Crippen molar-refractivity contribution in [1.29, 1.82) is 0 Å².